The van der Waals surface area contributed by atoms with Gasteiger partial charge in [0.25, 0.3) is 5.56 Å². The maximum absolute atomic E-state index is 12.1. The van der Waals surface area contributed by atoms with Gasteiger partial charge in [-0.05, 0) is 13.0 Å². The lowest BCUT2D eigenvalue weighted by atomic mass is 10.2. The van der Waals surface area contributed by atoms with Gasteiger partial charge in [-0.25, -0.2) is 9.78 Å². The van der Waals surface area contributed by atoms with Crippen molar-refractivity contribution in [3.05, 3.63) is 62.2 Å². The molecule has 0 amide bonds. The highest BCUT2D eigenvalue weighted by molar-refractivity contribution is 5.93. The molecule has 2 aromatic rings. The van der Waals surface area contributed by atoms with E-state index in [4.69, 9.17) is 5.26 Å². The highest BCUT2D eigenvalue weighted by atomic mass is 16.2. The quantitative estimate of drug-likeness (QED) is 0.742. The molecule has 7 nitrogen and oxygen atoms in total. The zero-order valence-corrected chi connectivity index (χ0v) is 11.5. The van der Waals surface area contributed by atoms with Gasteiger partial charge in [0.05, 0.1) is 12.1 Å². The van der Waals surface area contributed by atoms with Gasteiger partial charge in [-0.1, -0.05) is 6.07 Å². The molecule has 0 N–H and O–H groups in total. The van der Waals surface area contributed by atoms with E-state index in [-0.39, 0.29) is 17.8 Å². The fourth-order valence-corrected chi connectivity index (χ4v) is 1.93. The van der Waals surface area contributed by atoms with Gasteiger partial charge in [-0.3, -0.25) is 18.7 Å². The molecule has 7 heteroatoms. The number of hydrogen-bond donors (Lipinski definition) is 0. The second-order valence-corrected chi connectivity index (χ2v) is 4.50. The lowest BCUT2D eigenvalue weighted by Gasteiger charge is -2.10. The van der Waals surface area contributed by atoms with Crippen LogP contribution in [-0.4, -0.2) is 19.9 Å². The standard InChI is InChI=1S/C14H12N4O3/c1-9(19)11-8-18(14(21)17(2)13(11)20)7-10-4-3-5-16-12(10)6-15/h3-5,8H,7H2,1-2H3. The smallest absolute Gasteiger partial charge is 0.295 e. The predicted octanol–water partition coefficient (Wildman–Crippen LogP) is 0.0646. The van der Waals surface area contributed by atoms with E-state index >= 15 is 0 Å². The zero-order chi connectivity index (χ0) is 15.6. The second-order valence-electron chi connectivity index (χ2n) is 4.50. The first-order valence-electron chi connectivity index (χ1n) is 6.11. The molecule has 0 fully saturated rings. The molecule has 0 unspecified atom stereocenters. The molecule has 2 rings (SSSR count). The highest BCUT2D eigenvalue weighted by Crippen LogP contribution is 2.05. The van der Waals surface area contributed by atoms with E-state index in [9.17, 15) is 14.4 Å². The van der Waals surface area contributed by atoms with Crippen LogP contribution >= 0.6 is 0 Å². The van der Waals surface area contributed by atoms with Crippen molar-refractivity contribution in [3.8, 4) is 6.07 Å². The van der Waals surface area contributed by atoms with Crippen molar-refractivity contribution >= 4 is 5.78 Å². The summed E-state index contributed by atoms with van der Waals surface area (Å²) >= 11 is 0. The van der Waals surface area contributed by atoms with Crippen LogP contribution < -0.4 is 11.2 Å². The van der Waals surface area contributed by atoms with Gasteiger partial charge in [-0.15, -0.1) is 0 Å². The van der Waals surface area contributed by atoms with Crippen molar-refractivity contribution in [1.82, 2.24) is 14.1 Å². The van der Waals surface area contributed by atoms with Crippen LogP contribution in [-0.2, 0) is 13.6 Å². The maximum atomic E-state index is 12.1. The Morgan fingerprint density at radius 3 is 2.76 bits per heavy atom. The van der Waals surface area contributed by atoms with Crippen LogP contribution in [0.4, 0.5) is 0 Å². The Bertz CT molecular complexity index is 871. The monoisotopic (exact) mass is 284 g/mol. The van der Waals surface area contributed by atoms with Crippen LogP contribution in [0.25, 0.3) is 0 Å². The highest BCUT2D eigenvalue weighted by Gasteiger charge is 2.13. The molecule has 0 aromatic carbocycles. The van der Waals surface area contributed by atoms with E-state index in [1.165, 1.54) is 30.9 Å². The fraction of sp³-hybridized carbons (Fsp3) is 0.214. The maximum Gasteiger partial charge on any atom is 0.331 e. The molecule has 106 valence electrons. The largest absolute Gasteiger partial charge is 0.331 e. The molecule has 0 radical (unpaired) electrons. The van der Waals surface area contributed by atoms with E-state index in [0.717, 1.165) is 4.57 Å². The van der Waals surface area contributed by atoms with E-state index in [0.29, 0.717) is 5.56 Å². The SMILES string of the molecule is CC(=O)c1cn(Cc2cccnc2C#N)c(=O)n(C)c1=O. The van der Waals surface area contributed by atoms with Gasteiger partial charge in [0.1, 0.15) is 11.8 Å². The molecule has 0 aliphatic carbocycles. The first-order valence-corrected chi connectivity index (χ1v) is 6.11. The van der Waals surface area contributed by atoms with Crippen LogP contribution in [0.2, 0.25) is 0 Å². The number of aromatic nitrogens is 3. The van der Waals surface area contributed by atoms with Crippen molar-refractivity contribution in [2.45, 2.75) is 13.5 Å². The summed E-state index contributed by atoms with van der Waals surface area (Å²) in [5.41, 5.74) is -0.523. The molecular weight excluding hydrogens is 272 g/mol. The number of hydrogen-bond acceptors (Lipinski definition) is 5. The summed E-state index contributed by atoms with van der Waals surface area (Å²) < 4.78 is 2.09. The van der Waals surface area contributed by atoms with Crippen LogP contribution in [0.3, 0.4) is 0 Å². The Morgan fingerprint density at radius 1 is 1.43 bits per heavy atom. The summed E-state index contributed by atoms with van der Waals surface area (Å²) in [7, 11) is 1.31. The van der Waals surface area contributed by atoms with Crippen LogP contribution in [0, 0.1) is 11.3 Å². The number of carbonyl (C=O) groups excluding carboxylic acids is 1. The van der Waals surface area contributed by atoms with Crippen molar-refractivity contribution in [3.63, 3.8) is 0 Å². The number of pyridine rings is 1. The number of rotatable bonds is 3. The number of carbonyl (C=O) groups is 1. The molecule has 2 aromatic heterocycles. The number of nitriles is 1. The third-order valence-electron chi connectivity index (χ3n) is 3.07. The van der Waals surface area contributed by atoms with Crippen molar-refractivity contribution in [2.24, 2.45) is 7.05 Å². The van der Waals surface area contributed by atoms with Gasteiger partial charge in [0.2, 0.25) is 0 Å². The Hall–Kier alpha value is -3.01. The molecule has 0 aliphatic heterocycles. The average molecular weight is 284 g/mol. The number of nitrogens with zero attached hydrogens (tertiary/aromatic N) is 4. The summed E-state index contributed by atoms with van der Waals surface area (Å²) in [6, 6.07) is 5.25. The van der Waals surface area contributed by atoms with Gasteiger partial charge in [0, 0.05) is 25.0 Å². The van der Waals surface area contributed by atoms with E-state index in [2.05, 4.69) is 4.98 Å². The Labute approximate surface area is 119 Å². The third kappa shape index (κ3) is 2.65. The van der Waals surface area contributed by atoms with Crippen LogP contribution in [0.15, 0.2) is 34.1 Å². The Kier molecular flexibility index (Phi) is 3.80. The minimum absolute atomic E-state index is 0.0595. The van der Waals surface area contributed by atoms with Gasteiger partial charge in [0.15, 0.2) is 5.78 Å². The van der Waals surface area contributed by atoms with Gasteiger partial charge >= 0.3 is 5.69 Å². The van der Waals surface area contributed by atoms with Crippen LogP contribution in [0.1, 0.15) is 28.5 Å². The minimum atomic E-state index is -0.629. The van der Waals surface area contributed by atoms with Gasteiger partial charge in [-0.2, -0.15) is 5.26 Å². The Morgan fingerprint density at radius 2 is 2.14 bits per heavy atom. The fourth-order valence-electron chi connectivity index (χ4n) is 1.93. The topological polar surface area (TPSA) is 97.8 Å². The molecule has 0 saturated carbocycles. The molecule has 0 bridgehead atoms. The van der Waals surface area contributed by atoms with Crippen molar-refractivity contribution < 1.29 is 4.79 Å². The van der Waals surface area contributed by atoms with E-state index in [1.54, 1.807) is 12.1 Å². The molecular formula is C14H12N4O3. The van der Waals surface area contributed by atoms with Crippen molar-refractivity contribution in [2.75, 3.05) is 0 Å². The molecule has 21 heavy (non-hydrogen) atoms. The normalized spacial score (nSPS) is 10.1. The molecule has 0 saturated heterocycles. The van der Waals surface area contributed by atoms with Gasteiger partial charge < -0.3 is 0 Å². The summed E-state index contributed by atoms with van der Waals surface area (Å²) in [6.07, 6.45) is 2.70. The number of Topliss-reactive ketones (excluding diaryl/α,β-unsaturated/α-hetero) is 1. The molecule has 0 spiro atoms. The minimum Gasteiger partial charge on any atom is -0.295 e. The predicted molar refractivity (Wildman–Crippen MR) is 74.0 cm³/mol. The van der Waals surface area contributed by atoms with Crippen LogP contribution in [0.5, 0.6) is 0 Å². The third-order valence-corrected chi connectivity index (χ3v) is 3.07. The molecule has 0 atom stereocenters. The molecule has 2 heterocycles. The summed E-state index contributed by atoms with van der Waals surface area (Å²) in [5, 5.41) is 9.00. The first-order chi connectivity index (χ1) is 9.95. The number of ketones is 1. The zero-order valence-electron chi connectivity index (χ0n) is 11.5. The summed E-state index contributed by atoms with van der Waals surface area (Å²) in [6.45, 7) is 1.32. The summed E-state index contributed by atoms with van der Waals surface area (Å²) in [5.74, 6) is -0.420. The molecule has 0 aliphatic rings. The Balaban J connectivity index is 2.61. The van der Waals surface area contributed by atoms with E-state index in [1.807, 2.05) is 6.07 Å². The lowest BCUT2D eigenvalue weighted by Crippen LogP contribution is -2.40. The summed E-state index contributed by atoms with van der Waals surface area (Å²) in [4.78, 5) is 39.3. The van der Waals surface area contributed by atoms with E-state index < -0.39 is 17.0 Å². The lowest BCUT2D eigenvalue weighted by molar-refractivity contribution is 0.101. The first kappa shape index (κ1) is 14.4. The van der Waals surface area contributed by atoms with Crippen molar-refractivity contribution in [1.29, 1.82) is 5.26 Å². The average Bonchev–Trinajstić information content (AvgIpc) is 2.48. The second kappa shape index (κ2) is 5.54.